The molecule has 4 unspecified atom stereocenters. The minimum atomic E-state index is -0.759. The second-order valence-corrected chi connectivity index (χ2v) is 8.72. The van der Waals surface area contributed by atoms with Crippen molar-refractivity contribution in [2.24, 2.45) is 17.8 Å². The molecule has 2 heteroatoms. The maximum Gasteiger partial charge on any atom is 0.159 e. The van der Waals surface area contributed by atoms with Crippen LogP contribution in [0.1, 0.15) is 76.2 Å². The van der Waals surface area contributed by atoms with E-state index in [1.54, 1.807) is 0 Å². The first-order valence-corrected chi connectivity index (χ1v) is 10.5. The fourth-order valence-electron chi connectivity index (χ4n) is 5.56. The topological polar surface area (TPSA) is 0 Å². The molecule has 0 bridgehead atoms. The van der Waals surface area contributed by atoms with Crippen molar-refractivity contribution in [2.45, 2.75) is 70.6 Å². The van der Waals surface area contributed by atoms with E-state index in [0.29, 0.717) is 5.92 Å². The molecule has 2 aromatic rings. The Labute approximate surface area is 156 Å². The first-order valence-electron chi connectivity index (χ1n) is 10.5. The van der Waals surface area contributed by atoms with Crippen LogP contribution >= 0.6 is 0 Å². The van der Waals surface area contributed by atoms with E-state index in [2.05, 4.69) is 19.1 Å². The Morgan fingerprint density at radius 2 is 1.58 bits per heavy atom. The molecule has 26 heavy (non-hydrogen) atoms. The molecule has 2 aromatic carbocycles. The van der Waals surface area contributed by atoms with E-state index in [1.165, 1.54) is 75.5 Å². The van der Waals surface area contributed by atoms with Crippen LogP contribution in [0.3, 0.4) is 0 Å². The zero-order chi connectivity index (χ0) is 18.1. The molecule has 2 aliphatic carbocycles. The van der Waals surface area contributed by atoms with Crippen molar-refractivity contribution < 1.29 is 8.78 Å². The first-order chi connectivity index (χ1) is 12.6. The van der Waals surface area contributed by atoms with E-state index in [1.807, 2.05) is 6.07 Å². The van der Waals surface area contributed by atoms with Crippen molar-refractivity contribution in [3.63, 3.8) is 0 Å². The summed E-state index contributed by atoms with van der Waals surface area (Å²) in [5.74, 6) is 1.84. The van der Waals surface area contributed by atoms with Crippen LogP contribution in [0.25, 0.3) is 10.8 Å². The highest BCUT2D eigenvalue weighted by atomic mass is 19.2. The molecule has 4 rings (SSSR count). The maximum absolute atomic E-state index is 13.6. The van der Waals surface area contributed by atoms with E-state index in [9.17, 15) is 8.78 Å². The van der Waals surface area contributed by atoms with Crippen molar-refractivity contribution >= 4 is 10.8 Å². The Balaban J connectivity index is 1.46. The molecule has 0 nitrogen and oxygen atoms in total. The third kappa shape index (κ3) is 3.66. The Morgan fingerprint density at radius 3 is 2.38 bits per heavy atom. The predicted molar refractivity (Wildman–Crippen MR) is 104 cm³/mol. The molecule has 0 aliphatic heterocycles. The van der Waals surface area contributed by atoms with E-state index < -0.39 is 11.6 Å². The van der Waals surface area contributed by atoms with E-state index in [4.69, 9.17) is 0 Å². The summed E-state index contributed by atoms with van der Waals surface area (Å²) in [5.41, 5.74) is 1.31. The van der Waals surface area contributed by atoms with Gasteiger partial charge in [-0.3, -0.25) is 0 Å². The standard InChI is InChI=1S/C24H30F2/c1-2-3-4-16-5-6-18-12-19(8-7-17(18)11-16)20-9-10-21-14-23(25)24(26)15-22(21)13-20/h9-10,13-19H,2-8,11-12H2,1H3. The van der Waals surface area contributed by atoms with Gasteiger partial charge in [-0.25, -0.2) is 8.78 Å². The van der Waals surface area contributed by atoms with Crippen LogP contribution in [0.2, 0.25) is 0 Å². The third-order valence-electron chi connectivity index (χ3n) is 7.06. The normalized spacial score (nSPS) is 28.9. The SMILES string of the molecule is CCCCC1CCC2CC(c3ccc4cc(F)c(F)cc4c3)CCC2C1. The highest BCUT2D eigenvalue weighted by molar-refractivity contribution is 5.83. The molecule has 2 fully saturated rings. The largest absolute Gasteiger partial charge is 0.204 e. The summed E-state index contributed by atoms with van der Waals surface area (Å²) >= 11 is 0. The monoisotopic (exact) mass is 356 g/mol. The van der Waals surface area contributed by atoms with Crippen LogP contribution in [-0.2, 0) is 0 Å². The number of hydrogen-bond donors (Lipinski definition) is 0. The van der Waals surface area contributed by atoms with Crippen LogP contribution in [0.5, 0.6) is 0 Å². The molecule has 140 valence electrons. The minimum Gasteiger partial charge on any atom is -0.204 e. The predicted octanol–water partition coefficient (Wildman–Crippen LogP) is 7.61. The fraction of sp³-hybridized carbons (Fsp3) is 0.583. The lowest BCUT2D eigenvalue weighted by Gasteiger charge is -2.42. The summed E-state index contributed by atoms with van der Waals surface area (Å²) in [4.78, 5) is 0. The highest BCUT2D eigenvalue weighted by Crippen LogP contribution is 2.48. The molecule has 0 radical (unpaired) electrons. The lowest BCUT2D eigenvalue weighted by Crippen LogP contribution is -2.30. The van der Waals surface area contributed by atoms with Crippen LogP contribution in [0, 0.1) is 29.4 Å². The third-order valence-corrected chi connectivity index (χ3v) is 7.06. The average Bonchev–Trinajstić information content (AvgIpc) is 2.66. The smallest absolute Gasteiger partial charge is 0.159 e. The number of hydrogen-bond acceptors (Lipinski definition) is 0. The van der Waals surface area contributed by atoms with E-state index in [-0.39, 0.29) is 0 Å². The quantitative estimate of drug-likeness (QED) is 0.529. The van der Waals surface area contributed by atoms with Gasteiger partial charge >= 0.3 is 0 Å². The molecule has 0 spiro atoms. The van der Waals surface area contributed by atoms with Crippen LogP contribution in [0.4, 0.5) is 8.78 Å². The van der Waals surface area contributed by atoms with E-state index >= 15 is 0 Å². The van der Waals surface area contributed by atoms with Crippen LogP contribution in [0.15, 0.2) is 30.3 Å². The molecule has 0 saturated heterocycles. The van der Waals surface area contributed by atoms with Gasteiger partial charge in [0, 0.05) is 0 Å². The van der Waals surface area contributed by atoms with Gasteiger partial charge in [0.05, 0.1) is 0 Å². The van der Waals surface area contributed by atoms with Gasteiger partial charge in [-0.1, -0.05) is 50.8 Å². The molecule has 0 aromatic heterocycles. The van der Waals surface area contributed by atoms with Gasteiger partial charge in [0.2, 0.25) is 0 Å². The van der Waals surface area contributed by atoms with Gasteiger partial charge in [-0.15, -0.1) is 0 Å². The number of rotatable bonds is 4. The lowest BCUT2D eigenvalue weighted by atomic mass is 9.63. The molecule has 0 amide bonds. The Bertz CT molecular complexity index is 766. The summed E-state index contributed by atoms with van der Waals surface area (Å²) in [6.45, 7) is 2.29. The fourth-order valence-corrected chi connectivity index (χ4v) is 5.56. The number of fused-ring (bicyclic) bond motifs is 2. The molecule has 0 N–H and O–H groups in total. The highest BCUT2D eigenvalue weighted by Gasteiger charge is 2.35. The van der Waals surface area contributed by atoms with Gasteiger partial charge in [0.15, 0.2) is 11.6 Å². The maximum atomic E-state index is 13.6. The lowest BCUT2D eigenvalue weighted by molar-refractivity contribution is 0.113. The molecule has 4 atom stereocenters. The molecule has 2 saturated carbocycles. The van der Waals surface area contributed by atoms with Crippen molar-refractivity contribution in [1.29, 1.82) is 0 Å². The summed E-state index contributed by atoms with van der Waals surface area (Å²) in [6.07, 6.45) is 12.2. The number of unbranched alkanes of at least 4 members (excludes halogenated alkanes) is 1. The van der Waals surface area contributed by atoms with Crippen LogP contribution < -0.4 is 0 Å². The Hall–Kier alpha value is -1.44. The second-order valence-electron chi connectivity index (χ2n) is 8.72. The minimum absolute atomic E-state index is 0.584. The molecular weight excluding hydrogens is 326 g/mol. The summed E-state index contributed by atoms with van der Waals surface area (Å²) in [6, 6.07) is 8.84. The van der Waals surface area contributed by atoms with Gasteiger partial charge in [-0.05, 0) is 84.2 Å². The second kappa shape index (κ2) is 7.66. The van der Waals surface area contributed by atoms with Gasteiger partial charge in [-0.2, -0.15) is 0 Å². The van der Waals surface area contributed by atoms with Crippen molar-refractivity contribution in [3.05, 3.63) is 47.5 Å². The summed E-state index contributed by atoms with van der Waals surface area (Å²) in [5, 5.41) is 1.62. The van der Waals surface area contributed by atoms with Crippen molar-refractivity contribution in [1.82, 2.24) is 0 Å². The van der Waals surface area contributed by atoms with Gasteiger partial charge in [0.25, 0.3) is 0 Å². The van der Waals surface area contributed by atoms with Crippen molar-refractivity contribution in [2.75, 3.05) is 0 Å². The molecule has 0 heterocycles. The Morgan fingerprint density at radius 1 is 0.846 bits per heavy atom. The van der Waals surface area contributed by atoms with Gasteiger partial charge < -0.3 is 0 Å². The molecular formula is C24H30F2. The number of benzene rings is 2. The number of halogens is 2. The summed E-state index contributed by atoms with van der Waals surface area (Å²) < 4.78 is 27.0. The average molecular weight is 357 g/mol. The summed E-state index contributed by atoms with van der Waals surface area (Å²) in [7, 11) is 0. The van der Waals surface area contributed by atoms with Crippen molar-refractivity contribution in [3.8, 4) is 0 Å². The molecule has 2 aliphatic rings. The Kier molecular flexibility index (Phi) is 5.29. The zero-order valence-corrected chi connectivity index (χ0v) is 15.8. The van der Waals surface area contributed by atoms with Gasteiger partial charge in [0.1, 0.15) is 0 Å². The first kappa shape index (κ1) is 17.9. The zero-order valence-electron chi connectivity index (χ0n) is 15.8. The van der Waals surface area contributed by atoms with E-state index in [0.717, 1.165) is 28.5 Å². The van der Waals surface area contributed by atoms with Crippen LogP contribution in [-0.4, -0.2) is 0 Å².